The summed E-state index contributed by atoms with van der Waals surface area (Å²) in [6.07, 6.45) is 2.18. The van der Waals surface area contributed by atoms with Gasteiger partial charge in [-0.1, -0.05) is 36.4 Å². The molecule has 3 rings (SSSR count). The fourth-order valence-corrected chi connectivity index (χ4v) is 3.43. The van der Waals surface area contributed by atoms with E-state index in [1.807, 2.05) is 42.5 Å². The minimum absolute atomic E-state index is 0.0493. The normalized spacial score (nSPS) is 11.5. The van der Waals surface area contributed by atoms with E-state index in [9.17, 15) is 8.42 Å². The lowest BCUT2D eigenvalue weighted by Crippen LogP contribution is -2.18. The molecule has 2 aromatic carbocycles. The minimum atomic E-state index is -3.40. The highest BCUT2D eigenvalue weighted by atomic mass is 32.2. The first-order valence-electron chi connectivity index (χ1n) is 7.02. The third kappa shape index (κ3) is 3.43. The number of hydrogen-bond donors (Lipinski definition) is 1. The van der Waals surface area contributed by atoms with E-state index in [2.05, 4.69) is 9.71 Å². The molecule has 0 saturated carbocycles. The van der Waals surface area contributed by atoms with E-state index >= 15 is 0 Å². The number of anilines is 1. The Kier molecular flexibility index (Phi) is 4.06. The van der Waals surface area contributed by atoms with Crippen molar-refractivity contribution in [3.8, 4) is 0 Å². The van der Waals surface area contributed by atoms with Gasteiger partial charge in [0.15, 0.2) is 0 Å². The highest BCUT2D eigenvalue weighted by Crippen LogP contribution is 2.22. The number of aromatic nitrogens is 1. The van der Waals surface area contributed by atoms with Gasteiger partial charge in [0.2, 0.25) is 10.0 Å². The number of aryl methyl sites for hydroxylation is 1. The molecule has 1 aromatic heterocycles. The number of sulfonamides is 1. The zero-order valence-corrected chi connectivity index (χ0v) is 12.8. The highest BCUT2D eigenvalue weighted by Gasteiger charge is 2.12. The molecule has 3 aromatic rings. The molecule has 0 spiro atoms. The van der Waals surface area contributed by atoms with Gasteiger partial charge in [-0.15, -0.1) is 0 Å². The molecule has 4 nitrogen and oxygen atoms in total. The van der Waals surface area contributed by atoms with Crippen molar-refractivity contribution in [1.82, 2.24) is 4.98 Å². The van der Waals surface area contributed by atoms with Crippen LogP contribution in [-0.4, -0.2) is 19.2 Å². The van der Waals surface area contributed by atoms with Crippen LogP contribution in [0.1, 0.15) is 5.56 Å². The van der Waals surface area contributed by atoms with Crippen LogP contribution in [0.4, 0.5) is 5.69 Å². The van der Waals surface area contributed by atoms with Crippen molar-refractivity contribution in [3.05, 3.63) is 72.4 Å². The molecule has 0 amide bonds. The first-order chi connectivity index (χ1) is 10.6. The topological polar surface area (TPSA) is 59.1 Å². The first kappa shape index (κ1) is 14.5. The summed E-state index contributed by atoms with van der Waals surface area (Å²) in [5.74, 6) is 0.0493. The van der Waals surface area contributed by atoms with Crippen LogP contribution >= 0.6 is 0 Å². The van der Waals surface area contributed by atoms with E-state index < -0.39 is 10.0 Å². The Bertz CT molecular complexity index is 872. The molecule has 0 aliphatic carbocycles. The molecule has 1 heterocycles. The van der Waals surface area contributed by atoms with E-state index in [1.54, 1.807) is 24.4 Å². The van der Waals surface area contributed by atoms with Crippen molar-refractivity contribution in [2.75, 3.05) is 10.5 Å². The molecule has 0 aliphatic rings. The van der Waals surface area contributed by atoms with Gasteiger partial charge in [0.25, 0.3) is 0 Å². The van der Waals surface area contributed by atoms with E-state index in [1.165, 1.54) is 0 Å². The summed E-state index contributed by atoms with van der Waals surface area (Å²) in [4.78, 5) is 4.23. The number of pyridine rings is 1. The van der Waals surface area contributed by atoms with Crippen LogP contribution in [0.5, 0.6) is 0 Å². The van der Waals surface area contributed by atoms with Gasteiger partial charge in [0.1, 0.15) is 0 Å². The highest BCUT2D eigenvalue weighted by molar-refractivity contribution is 7.92. The van der Waals surface area contributed by atoms with Crippen molar-refractivity contribution >= 4 is 26.6 Å². The van der Waals surface area contributed by atoms with Crippen LogP contribution in [-0.2, 0) is 16.4 Å². The number of fused-ring (bicyclic) bond motifs is 1. The SMILES string of the molecule is O=S(=O)(CCc1ccccc1)Nc1cccc2ncccc12. The van der Waals surface area contributed by atoms with Crippen molar-refractivity contribution in [2.45, 2.75) is 6.42 Å². The lowest BCUT2D eigenvalue weighted by Gasteiger charge is -2.10. The predicted octanol–water partition coefficient (Wildman–Crippen LogP) is 3.22. The molecule has 0 aliphatic heterocycles. The Morgan fingerprint density at radius 1 is 0.909 bits per heavy atom. The van der Waals surface area contributed by atoms with Crippen LogP contribution in [0.25, 0.3) is 10.9 Å². The van der Waals surface area contributed by atoms with Crippen LogP contribution in [0, 0.1) is 0 Å². The summed E-state index contributed by atoms with van der Waals surface area (Å²) < 4.78 is 27.2. The Hall–Kier alpha value is -2.40. The number of benzene rings is 2. The Morgan fingerprint density at radius 3 is 2.55 bits per heavy atom. The summed E-state index contributed by atoms with van der Waals surface area (Å²) >= 11 is 0. The predicted molar refractivity (Wildman–Crippen MR) is 89.3 cm³/mol. The monoisotopic (exact) mass is 312 g/mol. The van der Waals surface area contributed by atoms with Gasteiger partial charge in [-0.3, -0.25) is 9.71 Å². The molecule has 0 atom stereocenters. The summed E-state index contributed by atoms with van der Waals surface area (Å²) in [6.45, 7) is 0. The molecule has 0 fully saturated rings. The smallest absolute Gasteiger partial charge is 0.233 e. The fourth-order valence-electron chi connectivity index (χ4n) is 2.31. The van der Waals surface area contributed by atoms with Gasteiger partial charge in [0.05, 0.1) is 17.0 Å². The molecule has 0 unspecified atom stereocenters. The maximum Gasteiger partial charge on any atom is 0.233 e. The summed E-state index contributed by atoms with van der Waals surface area (Å²) in [6, 6.07) is 18.7. The van der Waals surface area contributed by atoms with Gasteiger partial charge < -0.3 is 0 Å². The molecule has 0 radical (unpaired) electrons. The molecule has 5 heteroatoms. The van der Waals surface area contributed by atoms with Crippen molar-refractivity contribution < 1.29 is 8.42 Å². The second-order valence-electron chi connectivity index (χ2n) is 5.03. The summed E-state index contributed by atoms with van der Waals surface area (Å²) in [5, 5.41) is 0.799. The average Bonchev–Trinajstić information content (AvgIpc) is 2.54. The maximum absolute atomic E-state index is 12.3. The van der Waals surface area contributed by atoms with Crippen molar-refractivity contribution in [1.29, 1.82) is 0 Å². The second-order valence-corrected chi connectivity index (χ2v) is 6.87. The Balaban J connectivity index is 1.78. The van der Waals surface area contributed by atoms with Crippen molar-refractivity contribution in [2.24, 2.45) is 0 Å². The number of rotatable bonds is 5. The van der Waals surface area contributed by atoms with Crippen LogP contribution < -0.4 is 4.72 Å². The molecule has 112 valence electrons. The molecule has 1 N–H and O–H groups in total. The number of nitrogens with zero attached hydrogens (tertiary/aromatic N) is 1. The zero-order valence-electron chi connectivity index (χ0n) is 11.9. The van der Waals surface area contributed by atoms with Gasteiger partial charge in [-0.05, 0) is 36.2 Å². The van der Waals surface area contributed by atoms with Crippen LogP contribution in [0.2, 0.25) is 0 Å². The lowest BCUT2D eigenvalue weighted by molar-refractivity contribution is 0.600. The molecule has 22 heavy (non-hydrogen) atoms. The molecule has 0 bridgehead atoms. The zero-order chi connectivity index (χ0) is 15.4. The molecular weight excluding hydrogens is 296 g/mol. The molecular formula is C17H16N2O2S. The summed E-state index contributed by atoms with van der Waals surface area (Å²) in [7, 11) is -3.40. The van der Waals surface area contributed by atoms with Gasteiger partial charge in [0, 0.05) is 11.6 Å². The number of hydrogen-bond acceptors (Lipinski definition) is 3. The lowest BCUT2D eigenvalue weighted by atomic mass is 10.2. The average molecular weight is 312 g/mol. The second kappa shape index (κ2) is 6.15. The summed E-state index contributed by atoms with van der Waals surface area (Å²) in [5.41, 5.74) is 2.34. The third-order valence-corrected chi connectivity index (χ3v) is 4.69. The van der Waals surface area contributed by atoms with Gasteiger partial charge in [-0.25, -0.2) is 8.42 Å². The van der Waals surface area contributed by atoms with Gasteiger partial charge in [-0.2, -0.15) is 0 Å². The van der Waals surface area contributed by atoms with Crippen LogP contribution in [0.15, 0.2) is 66.9 Å². The minimum Gasteiger partial charge on any atom is -0.283 e. The van der Waals surface area contributed by atoms with E-state index in [0.29, 0.717) is 12.1 Å². The standard InChI is InChI=1S/C17H16N2O2S/c20-22(21,13-11-14-6-2-1-3-7-14)19-17-10-4-9-16-15(17)8-5-12-18-16/h1-10,12,19H,11,13H2. The van der Waals surface area contributed by atoms with E-state index in [4.69, 9.17) is 0 Å². The molecule has 0 saturated heterocycles. The Morgan fingerprint density at radius 2 is 1.73 bits per heavy atom. The van der Waals surface area contributed by atoms with Gasteiger partial charge >= 0.3 is 0 Å². The maximum atomic E-state index is 12.3. The Labute approximate surface area is 129 Å². The first-order valence-corrected chi connectivity index (χ1v) is 8.67. The number of nitrogens with one attached hydrogen (secondary N) is 1. The quantitative estimate of drug-likeness (QED) is 0.787. The van der Waals surface area contributed by atoms with Crippen molar-refractivity contribution in [3.63, 3.8) is 0 Å². The third-order valence-electron chi connectivity index (χ3n) is 3.41. The largest absolute Gasteiger partial charge is 0.283 e. The van der Waals surface area contributed by atoms with E-state index in [0.717, 1.165) is 16.5 Å². The van der Waals surface area contributed by atoms with E-state index in [-0.39, 0.29) is 5.75 Å². The fraction of sp³-hybridized carbons (Fsp3) is 0.118. The van der Waals surface area contributed by atoms with Crippen LogP contribution in [0.3, 0.4) is 0 Å².